The van der Waals surface area contributed by atoms with E-state index in [2.05, 4.69) is 54.2 Å². The van der Waals surface area contributed by atoms with Gasteiger partial charge in [-0.1, -0.05) is 11.3 Å². The topological polar surface area (TPSA) is 99.2 Å². The van der Waals surface area contributed by atoms with Gasteiger partial charge in [0.15, 0.2) is 5.13 Å². The van der Waals surface area contributed by atoms with E-state index in [0.717, 1.165) is 58.5 Å². The number of thiazole rings is 1. The predicted molar refractivity (Wildman–Crippen MR) is 141 cm³/mol. The molecule has 0 radical (unpaired) electrons. The van der Waals surface area contributed by atoms with Crippen LogP contribution in [-0.2, 0) is 0 Å². The molecule has 0 aliphatic carbocycles. The van der Waals surface area contributed by atoms with Gasteiger partial charge >= 0.3 is 0 Å². The molecule has 5 heterocycles. The first-order valence-corrected chi connectivity index (χ1v) is 12.5. The highest BCUT2D eigenvalue weighted by atomic mass is 32.1. The lowest BCUT2D eigenvalue weighted by Crippen LogP contribution is -2.49. The number of nitrogens with one attached hydrogen (secondary N) is 2. The zero-order valence-electron chi connectivity index (χ0n) is 20.0. The van der Waals surface area contributed by atoms with Crippen LogP contribution in [0.3, 0.4) is 0 Å². The van der Waals surface area contributed by atoms with Gasteiger partial charge in [-0.2, -0.15) is 0 Å². The third kappa shape index (κ3) is 5.08. The van der Waals surface area contributed by atoms with E-state index in [1.807, 2.05) is 37.6 Å². The Morgan fingerprint density at radius 1 is 1.00 bits per heavy atom. The number of carbonyl (C=O) groups excluding carboxylic acids is 1. The third-order valence-electron chi connectivity index (χ3n) is 6.19. The van der Waals surface area contributed by atoms with Crippen molar-refractivity contribution < 1.29 is 4.79 Å². The molecule has 180 valence electrons. The first-order valence-electron chi connectivity index (χ1n) is 11.7. The quantitative estimate of drug-likeness (QED) is 0.421. The van der Waals surface area contributed by atoms with Crippen LogP contribution >= 0.6 is 11.3 Å². The second-order valence-electron chi connectivity index (χ2n) is 8.74. The lowest BCUT2D eigenvalue weighted by molar-refractivity contribution is 0.102. The molecule has 1 fully saturated rings. The minimum atomic E-state index is -0.216. The Hall–Kier alpha value is -3.63. The van der Waals surface area contributed by atoms with Crippen molar-refractivity contribution in [2.75, 3.05) is 48.8 Å². The summed E-state index contributed by atoms with van der Waals surface area (Å²) in [5, 5.41) is 7.72. The Bertz CT molecular complexity index is 1350. The summed E-state index contributed by atoms with van der Waals surface area (Å²) in [7, 11) is 1.85. The number of pyridine rings is 3. The van der Waals surface area contributed by atoms with Crippen LogP contribution in [-0.4, -0.2) is 70.0 Å². The fraction of sp³-hybridized carbons (Fsp3) is 0.320. The molecule has 0 saturated carbocycles. The van der Waals surface area contributed by atoms with Crippen LogP contribution in [0.2, 0.25) is 0 Å². The summed E-state index contributed by atoms with van der Waals surface area (Å²) in [6.45, 7) is 8.21. The van der Waals surface area contributed by atoms with E-state index >= 15 is 0 Å². The summed E-state index contributed by atoms with van der Waals surface area (Å²) >= 11 is 1.56. The van der Waals surface area contributed by atoms with Crippen molar-refractivity contribution >= 4 is 44.9 Å². The highest BCUT2D eigenvalue weighted by molar-refractivity contribution is 7.18. The number of amides is 1. The molecule has 1 aliphatic rings. The van der Waals surface area contributed by atoms with Gasteiger partial charge in [-0.3, -0.25) is 14.7 Å². The van der Waals surface area contributed by atoms with E-state index in [0.29, 0.717) is 17.4 Å². The van der Waals surface area contributed by atoms with Gasteiger partial charge in [-0.25, -0.2) is 15.0 Å². The molecule has 1 amide bonds. The number of fused-ring (bicyclic) bond motifs is 1. The van der Waals surface area contributed by atoms with Crippen molar-refractivity contribution in [1.82, 2.24) is 24.8 Å². The van der Waals surface area contributed by atoms with E-state index in [4.69, 9.17) is 0 Å². The molecule has 2 N–H and O–H groups in total. The average molecular weight is 489 g/mol. The molecule has 0 unspecified atom stereocenters. The average Bonchev–Trinajstić information content (AvgIpc) is 3.38. The number of hydrogen-bond acceptors (Lipinski definition) is 9. The number of carbonyl (C=O) groups is 1. The van der Waals surface area contributed by atoms with Gasteiger partial charge < -0.3 is 15.5 Å². The van der Waals surface area contributed by atoms with Gasteiger partial charge in [-0.15, -0.1) is 0 Å². The maximum atomic E-state index is 13.0. The summed E-state index contributed by atoms with van der Waals surface area (Å²) in [5.41, 5.74) is 2.28. The Morgan fingerprint density at radius 2 is 1.83 bits per heavy atom. The molecule has 35 heavy (non-hydrogen) atoms. The molecule has 0 atom stereocenters. The van der Waals surface area contributed by atoms with Gasteiger partial charge in [0.05, 0.1) is 16.6 Å². The molecule has 0 aromatic carbocycles. The summed E-state index contributed by atoms with van der Waals surface area (Å²) in [6.07, 6.45) is 7.01. The van der Waals surface area contributed by atoms with E-state index in [1.165, 1.54) is 0 Å². The van der Waals surface area contributed by atoms with Gasteiger partial charge in [0, 0.05) is 74.4 Å². The van der Waals surface area contributed by atoms with E-state index < -0.39 is 0 Å². The fourth-order valence-corrected chi connectivity index (χ4v) is 4.90. The largest absolute Gasteiger partial charge is 0.365 e. The Morgan fingerprint density at radius 3 is 2.57 bits per heavy atom. The smallest absolute Gasteiger partial charge is 0.257 e. The molecule has 10 heteroatoms. The number of rotatable bonds is 6. The second kappa shape index (κ2) is 9.93. The molecule has 0 spiro atoms. The standard InChI is InChI=1S/C25H28N8OS/c1-16(2)32-6-8-33(9-7-32)23-12-17(4-5-27-23)24(34)31-22-11-18-10-19(13-28-20(18)14-29-22)21-15-30-25(26-3)35-21/h4-5,10-16H,6-9H2,1-3H3,(H,26,30)(H,29,31,34). The SMILES string of the molecule is CNc1ncc(-c2cnc3cnc(NC(=O)c4ccnc(N5CCN(C(C)C)CC5)c4)cc3c2)s1. The summed E-state index contributed by atoms with van der Waals surface area (Å²) in [5.74, 6) is 1.09. The lowest BCUT2D eigenvalue weighted by Gasteiger charge is -2.37. The van der Waals surface area contributed by atoms with Gasteiger partial charge in [-0.05, 0) is 38.1 Å². The van der Waals surface area contributed by atoms with Crippen molar-refractivity contribution in [3.63, 3.8) is 0 Å². The molecule has 9 nitrogen and oxygen atoms in total. The highest BCUT2D eigenvalue weighted by Crippen LogP contribution is 2.30. The maximum Gasteiger partial charge on any atom is 0.257 e. The van der Waals surface area contributed by atoms with Crippen molar-refractivity contribution in [1.29, 1.82) is 0 Å². The van der Waals surface area contributed by atoms with Crippen LogP contribution < -0.4 is 15.5 Å². The Kier molecular flexibility index (Phi) is 6.56. The van der Waals surface area contributed by atoms with Gasteiger partial charge in [0.1, 0.15) is 11.6 Å². The van der Waals surface area contributed by atoms with Crippen LogP contribution in [0.5, 0.6) is 0 Å². The van der Waals surface area contributed by atoms with Crippen molar-refractivity contribution in [2.45, 2.75) is 19.9 Å². The molecule has 1 aliphatic heterocycles. The predicted octanol–water partition coefficient (Wildman–Crippen LogP) is 3.97. The van der Waals surface area contributed by atoms with Crippen LogP contribution in [0, 0.1) is 0 Å². The van der Waals surface area contributed by atoms with Crippen molar-refractivity contribution in [3.8, 4) is 10.4 Å². The number of piperazine rings is 1. The van der Waals surface area contributed by atoms with Crippen molar-refractivity contribution in [2.24, 2.45) is 0 Å². The van der Waals surface area contributed by atoms with Crippen molar-refractivity contribution in [3.05, 3.63) is 54.6 Å². The molecule has 4 aromatic heterocycles. The maximum absolute atomic E-state index is 13.0. The summed E-state index contributed by atoms with van der Waals surface area (Å²) in [6, 6.07) is 8.00. The minimum Gasteiger partial charge on any atom is -0.365 e. The van der Waals surface area contributed by atoms with E-state index in [-0.39, 0.29) is 5.91 Å². The molecular weight excluding hydrogens is 460 g/mol. The normalized spacial score (nSPS) is 14.5. The summed E-state index contributed by atoms with van der Waals surface area (Å²) in [4.78, 5) is 36.5. The van der Waals surface area contributed by atoms with Gasteiger partial charge in [0.25, 0.3) is 5.91 Å². The molecule has 5 rings (SSSR count). The monoisotopic (exact) mass is 488 g/mol. The minimum absolute atomic E-state index is 0.216. The first-order chi connectivity index (χ1) is 17.0. The van der Waals surface area contributed by atoms with Crippen LogP contribution in [0.15, 0.2) is 49.1 Å². The molecule has 4 aromatic rings. The lowest BCUT2D eigenvalue weighted by atomic mass is 10.2. The molecular formula is C25H28N8OS. The second-order valence-corrected chi connectivity index (χ2v) is 9.77. The number of anilines is 3. The zero-order chi connectivity index (χ0) is 24.4. The molecule has 0 bridgehead atoms. The van der Waals surface area contributed by atoms with E-state index in [1.54, 1.807) is 29.8 Å². The fourth-order valence-electron chi connectivity index (χ4n) is 4.15. The third-order valence-corrected chi connectivity index (χ3v) is 7.25. The Balaban J connectivity index is 1.31. The van der Waals surface area contributed by atoms with Gasteiger partial charge in [0.2, 0.25) is 0 Å². The van der Waals surface area contributed by atoms with Crippen LogP contribution in [0.1, 0.15) is 24.2 Å². The summed E-state index contributed by atoms with van der Waals surface area (Å²) < 4.78 is 0. The number of hydrogen-bond donors (Lipinski definition) is 2. The number of aromatic nitrogens is 4. The highest BCUT2D eigenvalue weighted by Gasteiger charge is 2.20. The molecule has 1 saturated heterocycles. The van der Waals surface area contributed by atoms with Crippen LogP contribution in [0.25, 0.3) is 21.3 Å². The zero-order valence-corrected chi connectivity index (χ0v) is 20.8. The number of nitrogens with zero attached hydrogens (tertiary/aromatic N) is 6. The van der Waals surface area contributed by atoms with Crippen LogP contribution in [0.4, 0.5) is 16.8 Å². The first kappa shape index (κ1) is 23.1. The van der Waals surface area contributed by atoms with E-state index in [9.17, 15) is 4.79 Å². The Labute approximate surface area is 208 Å².